The number of carbonyl (C=O) groups excluding carboxylic acids is 1. The highest BCUT2D eigenvalue weighted by molar-refractivity contribution is 5.88. The molecule has 1 aromatic heterocycles. The molecule has 0 aliphatic carbocycles. The molecule has 2 aromatic rings. The Morgan fingerprint density at radius 2 is 2.14 bits per heavy atom. The third kappa shape index (κ3) is 1.27. The van der Waals surface area contributed by atoms with Crippen molar-refractivity contribution in [1.82, 2.24) is 4.98 Å². The second-order valence-corrected chi connectivity index (χ2v) is 3.33. The third-order valence-corrected chi connectivity index (χ3v) is 2.44. The van der Waals surface area contributed by atoms with Crippen LogP contribution < -0.4 is 5.11 Å². The van der Waals surface area contributed by atoms with Gasteiger partial charge in [0.05, 0.1) is 0 Å². The molecule has 1 unspecified atom stereocenters. The maximum atomic E-state index is 10.7. The molecule has 1 aromatic carbocycles. The number of nitrogens with one attached hydrogen (secondary N) is 1. The van der Waals surface area contributed by atoms with E-state index < -0.39 is 11.9 Å². The molecule has 14 heavy (non-hydrogen) atoms. The van der Waals surface area contributed by atoms with E-state index in [2.05, 4.69) is 4.98 Å². The summed E-state index contributed by atoms with van der Waals surface area (Å²) in [7, 11) is 0. The van der Waals surface area contributed by atoms with Crippen molar-refractivity contribution >= 4 is 16.9 Å². The van der Waals surface area contributed by atoms with Crippen LogP contribution in [0.1, 0.15) is 18.4 Å². The minimum absolute atomic E-state index is 0.578. The van der Waals surface area contributed by atoms with Crippen LogP contribution in [-0.2, 0) is 4.79 Å². The van der Waals surface area contributed by atoms with Crippen LogP contribution in [-0.4, -0.2) is 11.0 Å². The Morgan fingerprint density at radius 1 is 1.43 bits per heavy atom. The minimum Gasteiger partial charge on any atom is -0.550 e. The predicted molar refractivity (Wildman–Crippen MR) is 51.7 cm³/mol. The van der Waals surface area contributed by atoms with E-state index in [-0.39, 0.29) is 0 Å². The molecular formula is C11H10NO2-. The molecule has 2 rings (SSSR count). The molecule has 1 atom stereocenters. The van der Waals surface area contributed by atoms with E-state index in [4.69, 9.17) is 0 Å². The molecule has 72 valence electrons. The van der Waals surface area contributed by atoms with Crippen molar-refractivity contribution in [3.63, 3.8) is 0 Å². The number of aromatic nitrogens is 1. The highest BCUT2D eigenvalue weighted by Gasteiger charge is 2.10. The van der Waals surface area contributed by atoms with Crippen molar-refractivity contribution in [2.24, 2.45) is 0 Å². The van der Waals surface area contributed by atoms with Crippen molar-refractivity contribution < 1.29 is 9.90 Å². The van der Waals surface area contributed by atoms with Crippen LogP contribution >= 0.6 is 0 Å². The first kappa shape index (κ1) is 8.81. The molecule has 0 spiro atoms. The van der Waals surface area contributed by atoms with Crippen LogP contribution in [0.15, 0.2) is 30.5 Å². The summed E-state index contributed by atoms with van der Waals surface area (Å²) in [6.07, 6.45) is 1.73. The molecule has 0 saturated heterocycles. The van der Waals surface area contributed by atoms with Gasteiger partial charge in [-0.1, -0.05) is 25.1 Å². The van der Waals surface area contributed by atoms with Crippen LogP contribution in [0.4, 0.5) is 0 Å². The molecule has 0 aliphatic heterocycles. The smallest absolute Gasteiger partial charge is 0.0487 e. The van der Waals surface area contributed by atoms with Gasteiger partial charge in [0.2, 0.25) is 0 Å². The number of benzene rings is 1. The van der Waals surface area contributed by atoms with Gasteiger partial charge in [0.1, 0.15) is 0 Å². The van der Waals surface area contributed by atoms with E-state index in [0.717, 1.165) is 16.5 Å². The highest BCUT2D eigenvalue weighted by Crippen LogP contribution is 2.24. The van der Waals surface area contributed by atoms with Gasteiger partial charge in [-0.05, 0) is 11.6 Å². The van der Waals surface area contributed by atoms with Crippen LogP contribution in [0.25, 0.3) is 10.9 Å². The predicted octanol–water partition coefficient (Wildman–Crippen LogP) is 1.02. The Kier molecular flexibility index (Phi) is 2.00. The SMILES string of the molecule is CC(C(=O)[O-])c1c[nH]c2ccccc12. The lowest BCUT2D eigenvalue weighted by Gasteiger charge is -2.10. The number of carboxylic acids is 1. The van der Waals surface area contributed by atoms with E-state index in [9.17, 15) is 9.90 Å². The Bertz CT molecular complexity index is 473. The largest absolute Gasteiger partial charge is 0.550 e. The van der Waals surface area contributed by atoms with E-state index in [1.165, 1.54) is 0 Å². The molecule has 3 heteroatoms. The lowest BCUT2D eigenvalue weighted by molar-refractivity contribution is -0.307. The summed E-state index contributed by atoms with van der Waals surface area (Å²) in [4.78, 5) is 13.7. The molecular weight excluding hydrogens is 178 g/mol. The lowest BCUT2D eigenvalue weighted by atomic mass is 10.0. The number of H-pyrrole nitrogens is 1. The van der Waals surface area contributed by atoms with Gasteiger partial charge in [0.15, 0.2) is 0 Å². The summed E-state index contributed by atoms with van der Waals surface area (Å²) in [5, 5.41) is 11.7. The Labute approximate surface area is 81.4 Å². The minimum atomic E-state index is -1.05. The fourth-order valence-electron chi connectivity index (χ4n) is 1.58. The van der Waals surface area contributed by atoms with E-state index in [1.54, 1.807) is 13.1 Å². The lowest BCUT2D eigenvalue weighted by Crippen LogP contribution is -2.27. The number of carboxylic acid groups (broad SMARTS) is 1. The van der Waals surface area contributed by atoms with E-state index >= 15 is 0 Å². The molecule has 0 saturated carbocycles. The van der Waals surface area contributed by atoms with Crippen molar-refractivity contribution in [2.75, 3.05) is 0 Å². The first-order valence-corrected chi connectivity index (χ1v) is 4.47. The van der Waals surface area contributed by atoms with Gasteiger partial charge >= 0.3 is 0 Å². The van der Waals surface area contributed by atoms with Crippen LogP contribution in [0.3, 0.4) is 0 Å². The zero-order valence-corrected chi connectivity index (χ0v) is 7.78. The average Bonchev–Trinajstić information content (AvgIpc) is 2.60. The number of carbonyl (C=O) groups is 1. The maximum absolute atomic E-state index is 10.7. The zero-order chi connectivity index (χ0) is 10.1. The second kappa shape index (κ2) is 3.18. The standard InChI is InChI=1S/C11H11NO2/c1-7(11(13)14)9-6-12-10-5-3-2-4-8(9)10/h2-7,12H,1H3,(H,13,14)/p-1. The number of rotatable bonds is 2. The maximum Gasteiger partial charge on any atom is 0.0487 e. The van der Waals surface area contributed by atoms with Gasteiger partial charge < -0.3 is 14.9 Å². The molecule has 0 amide bonds. The molecule has 0 fully saturated rings. The number of fused-ring (bicyclic) bond motifs is 1. The Morgan fingerprint density at radius 3 is 2.86 bits per heavy atom. The first-order valence-electron chi connectivity index (χ1n) is 4.47. The average molecular weight is 188 g/mol. The molecule has 0 radical (unpaired) electrons. The summed E-state index contributed by atoms with van der Waals surface area (Å²) in [5.41, 5.74) is 1.73. The fraction of sp³-hybridized carbons (Fsp3) is 0.182. The van der Waals surface area contributed by atoms with Crippen LogP contribution in [0.2, 0.25) is 0 Å². The summed E-state index contributed by atoms with van der Waals surface area (Å²) in [6.45, 7) is 1.63. The Hall–Kier alpha value is -1.77. The van der Waals surface area contributed by atoms with Gasteiger partial charge in [0.25, 0.3) is 0 Å². The fourth-order valence-corrected chi connectivity index (χ4v) is 1.58. The second-order valence-electron chi connectivity index (χ2n) is 3.33. The number of para-hydroxylation sites is 1. The van der Waals surface area contributed by atoms with Crippen LogP contribution in [0, 0.1) is 0 Å². The van der Waals surface area contributed by atoms with Crippen molar-refractivity contribution in [2.45, 2.75) is 12.8 Å². The van der Waals surface area contributed by atoms with Gasteiger partial charge in [-0.3, -0.25) is 0 Å². The van der Waals surface area contributed by atoms with Gasteiger partial charge in [-0.2, -0.15) is 0 Å². The number of aliphatic carboxylic acids is 1. The molecule has 3 nitrogen and oxygen atoms in total. The molecule has 1 heterocycles. The summed E-state index contributed by atoms with van der Waals surface area (Å²) < 4.78 is 0. The van der Waals surface area contributed by atoms with Crippen molar-refractivity contribution in [3.05, 3.63) is 36.0 Å². The van der Waals surface area contributed by atoms with Gasteiger partial charge in [-0.25, -0.2) is 0 Å². The first-order chi connectivity index (χ1) is 6.70. The topological polar surface area (TPSA) is 55.9 Å². The van der Waals surface area contributed by atoms with Crippen molar-refractivity contribution in [3.8, 4) is 0 Å². The number of hydrogen-bond acceptors (Lipinski definition) is 2. The van der Waals surface area contributed by atoms with Gasteiger partial charge in [0, 0.05) is 29.0 Å². The third-order valence-electron chi connectivity index (χ3n) is 2.44. The van der Waals surface area contributed by atoms with Crippen molar-refractivity contribution in [1.29, 1.82) is 0 Å². The van der Waals surface area contributed by atoms with Crippen LogP contribution in [0.5, 0.6) is 0 Å². The zero-order valence-electron chi connectivity index (χ0n) is 7.78. The Balaban J connectivity index is 2.58. The summed E-state index contributed by atoms with van der Waals surface area (Å²) in [6, 6.07) is 7.62. The molecule has 1 N–H and O–H groups in total. The van der Waals surface area contributed by atoms with E-state index in [1.807, 2.05) is 24.3 Å². The van der Waals surface area contributed by atoms with E-state index in [0.29, 0.717) is 0 Å². The molecule has 0 aliphatic rings. The highest BCUT2D eigenvalue weighted by atomic mass is 16.4. The number of aromatic amines is 1. The number of hydrogen-bond donors (Lipinski definition) is 1. The summed E-state index contributed by atoms with van der Waals surface area (Å²) >= 11 is 0. The quantitative estimate of drug-likeness (QED) is 0.765. The summed E-state index contributed by atoms with van der Waals surface area (Å²) in [5.74, 6) is -1.62. The molecule has 0 bridgehead atoms. The normalized spacial score (nSPS) is 12.9. The monoisotopic (exact) mass is 188 g/mol. The van der Waals surface area contributed by atoms with Gasteiger partial charge in [-0.15, -0.1) is 0 Å².